The summed E-state index contributed by atoms with van der Waals surface area (Å²) in [6.07, 6.45) is 3.20. The number of nitrogens with one attached hydrogen (secondary N) is 1. The number of aliphatic hydroxyl groups excluding tert-OH is 1. The van der Waals surface area contributed by atoms with Gasteiger partial charge in [-0.2, -0.15) is 0 Å². The van der Waals surface area contributed by atoms with Crippen LogP contribution in [0.3, 0.4) is 0 Å². The normalized spacial score (nSPS) is 23.6. The van der Waals surface area contributed by atoms with Crippen molar-refractivity contribution in [3.63, 3.8) is 0 Å². The number of aliphatic hydroxyl groups is 1. The molecule has 1 aliphatic carbocycles. The topological polar surface area (TPSA) is 41.5 Å². The molecule has 4 heteroatoms. The van der Waals surface area contributed by atoms with E-state index in [1.54, 1.807) is 0 Å². The Bertz CT molecular complexity index is 434. The molecule has 3 rings (SSSR count). The summed E-state index contributed by atoms with van der Waals surface area (Å²) in [6, 6.07) is 5.75. The highest BCUT2D eigenvalue weighted by Crippen LogP contribution is 2.32. The smallest absolute Gasteiger partial charge is 0.123 e. The van der Waals surface area contributed by atoms with E-state index < -0.39 is 0 Å². The average molecular weight is 268 g/mol. The summed E-state index contributed by atoms with van der Waals surface area (Å²) in [5, 5.41) is 13.8. The van der Waals surface area contributed by atoms with Crippen LogP contribution in [0.2, 0.25) is 5.02 Å². The van der Waals surface area contributed by atoms with E-state index in [9.17, 15) is 5.11 Å². The van der Waals surface area contributed by atoms with Gasteiger partial charge in [-0.05, 0) is 42.5 Å². The van der Waals surface area contributed by atoms with Crippen LogP contribution in [0, 0.1) is 5.92 Å². The van der Waals surface area contributed by atoms with E-state index in [1.165, 1.54) is 18.4 Å². The first-order valence-corrected chi connectivity index (χ1v) is 6.94. The van der Waals surface area contributed by atoms with Gasteiger partial charge in [0.25, 0.3) is 0 Å². The second kappa shape index (κ2) is 5.08. The first-order valence-electron chi connectivity index (χ1n) is 6.56. The third-order valence-electron chi connectivity index (χ3n) is 3.66. The van der Waals surface area contributed by atoms with Crippen LogP contribution < -0.4 is 10.1 Å². The molecular weight excluding hydrogens is 250 g/mol. The van der Waals surface area contributed by atoms with E-state index in [2.05, 4.69) is 5.32 Å². The van der Waals surface area contributed by atoms with E-state index in [-0.39, 0.29) is 12.2 Å². The minimum atomic E-state index is -0.191. The van der Waals surface area contributed by atoms with Crippen molar-refractivity contribution in [3.05, 3.63) is 28.8 Å². The Morgan fingerprint density at radius 3 is 3.06 bits per heavy atom. The van der Waals surface area contributed by atoms with Crippen molar-refractivity contribution in [2.75, 3.05) is 13.1 Å². The number of ether oxygens (including phenoxy) is 1. The number of benzene rings is 1. The number of hydrogen-bond acceptors (Lipinski definition) is 3. The molecule has 2 aliphatic rings. The van der Waals surface area contributed by atoms with Crippen molar-refractivity contribution in [1.29, 1.82) is 0 Å². The van der Waals surface area contributed by atoms with Gasteiger partial charge in [0.15, 0.2) is 0 Å². The van der Waals surface area contributed by atoms with Crippen molar-refractivity contribution in [2.24, 2.45) is 5.92 Å². The monoisotopic (exact) mass is 267 g/mol. The lowest BCUT2D eigenvalue weighted by molar-refractivity contribution is 0.141. The molecule has 0 spiro atoms. The molecule has 0 amide bonds. The molecule has 1 saturated carbocycles. The lowest BCUT2D eigenvalue weighted by Gasteiger charge is -2.14. The molecule has 1 fully saturated rings. The van der Waals surface area contributed by atoms with Crippen LogP contribution in [0.15, 0.2) is 18.2 Å². The Hall–Kier alpha value is -0.770. The average Bonchev–Trinajstić information content (AvgIpc) is 3.11. The molecule has 0 radical (unpaired) electrons. The predicted octanol–water partition coefficient (Wildman–Crippen LogP) is 2.00. The van der Waals surface area contributed by atoms with E-state index in [0.29, 0.717) is 12.5 Å². The zero-order valence-electron chi connectivity index (χ0n) is 10.2. The van der Waals surface area contributed by atoms with Gasteiger partial charge < -0.3 is 15.2 Å². The zero-order valence-corrected chi connectivity index (χ0v) is 11.0. The maximum Gasteiger partial charge on any atom is 0.123 e. The SMILES string of the molecule is OC(CNCC1Cc2cc(Cl)ccc2O1)C1CC1. The third-order valence-corrected chi connectivity index (χ3v) is 3.89. The third kappa shape index (κ3) is 2.79. The maximum absolute atomic E-state index is 9.75. The Morgan fingerprint density at radius 2 is 2.28 bits per heavy atom. The van der Waals surface area contributed by atoms with Gasteiger partial charge in [-0.3, -0.25) is 0 Å². The number of hydrogen-bond donors (Lipinski definition) is 2. The van der Waals surface area contributed by atoms with Gasteiger partial charge in [-0.25, -0.2) is 0 Å². The van der Waals surface area contributed by atoms with Crippen LogP contribution in [0.1, 0.15) is 18.4 Å². The molecule has 0 saturated heterocycles. The molecule has 1 aromatic rings. The number of rotatable bonds is 5. The summed E-state index contributed by atoms with van der Waals surface area (Å²) >= 11 is 5.95. The van der Waals surface area contributed by atoms with Crippen molar-refractivity contribution in [2.45, 2.75) is 31.5 Å². The van der Waals surface area contributed by atoms with Crippen LogP contribution in [0.25, 0.3) is 0 Å². The van der Waals surface area contributed by atoms with Crippen molar-refractivity contribution < 1.29 is 9.84 Å². The molecular formula is C14H18ClNO2. The highest BCUT2D eigenvalue weighted by molar-refractivity contribution is 6.30. The predicted molar refractivity (Wildman–Crippen MR) is 71.2 cm³/mol. The Morgan fingerprint density at radius 1 is 1.44 bits per heavy atom. The van der Waals surface area contributed by atoms with Gasteiger partial charge in [0.05, 0.1) is 6.10 Å². The molecule has 1 aliphatic heterocycles. The lowest BCUT2D eigenvalue weighted by Crippen LogP contribution is -2.35. The van der Waals surface area contributed by atoms with E-state index in [4.69, 9.17) is 16.3 Å². The Balaban J connectivity index is 1.45. The first-order chi connectivity index (χ1) is 8.72. The highest BCUT2D eigenvalue weighted by atomic mass is 35.5. The molecule has 1 aromatic carbocycles. The van der Waals surface area contributed by atoms with E-state index in [0.717, 1.165) is 23.7 Å². The fraction of sp³-hybridized carbons (Fsp3) is 0.571. The molecule has 18 heavy (non-hydrogen) atoms. The Kier molecular flexibility index (Phi) is 3.46. The first kappa shape index (κ1) is 12.3. The van der Waals surface area contributed by atoms with Crippen LogP contribution in [0.5, 0.6) is 5.75 Å². The van der Waals surface area contributed by atoms with Gasteiger partial charge in [0.1, 0.15) is 11.9 Å². The van der Waals surface area contributed by atoms with Crippen molar-refractivity contribution in [3.8, 4) is 5.75 Å². The molecule has 0 aromatic heterocycles. The number of halogens is 1. The van der Waals surface area contributed by atoms with E-state index in [1.807, 2.05) is 18.2 Å². The summed E-state index contributed by atoms with van der Waals surface area (Å²) in [5.41, 5.74) is 1.18. The second-order valence-electron chi connectivity index (χ2n) is 5.26. The highest BCUT2D eigenvalue weighted by Gasteiger charge is 2.29. The molecule has 0 bridgehead atoms. The van der Waals surface area contributed by atoms with Gasteiger partial charge in [0.2, 0.25) is 0 Å². The molecule has 2 atom stereocenters. The van der Waals surface area contributed by atoms with Crippen LogP contribution >= 0.6 is 11.6 Å². The van der Waals surface area contributed by atoms with E-state index >= 15 is 0 Å². The van der Waals surface area contributed by atoms with Crippen LogP contribution in [-0.2, 0) is 6.42 Å². The molecule has 2 N–H and O–H groups in total. The minimum Gasteiger partial charge on any atom is -0.488 e. The van der Waals surface area contributed by atoms with Crippen molar-refractivity contribution in [1.82, 2.24) is 5.32 Å². The summed E-state index contributed by atoms with van der Waals surface area (Å²) < 4.78 is 5.82. The largest absolute Gasteiger partial charge is 0.488 e. The van der Waals surface area contributed by atoms with Gasteiger partial charge in [-0.15, -0.1) is 0 Å². The number of fused-ring (bicyclic) bond motifs is 1. The van der Waals surface area contributed by atoms with Gasteiger partial charge in [-0.1, -0.05) is 11.6 Å². The van der Waals surface area contributed by atoms with Crippen molar-refractivity contribution >= 4 is 11.6 Å². The molecule has 98 valence electrons. The quantitative estimate of drug-likeness (QED) is 0.858. The van der Waals surface area contributed by atoms with Crippen LogP contribution in [-0.4, -0.2) is 30.4 Å². The second-order valence-corrected chi connectivity index (χ2v) is 5.70. The standard InChI is InChI=1S/C14H18ClNO2/c15-11-3-4-14-10(5-11)6-12(18-14)7-16-8-13(17)9-1-2-9/h3-5,9,12-13,16-17H,1-2,6-8H2. The summed E-state index contributed by atoms with van der Waals surface area (Å²) in [4.78, 5) is 0. The minimum absolute atomic E-state index is 0.157. The lowest BCUT2D eigenvalue weighted by atomic mass is 10.1. The van der Waals surface area contributed by atoms with Gasteiger partial charge in [0, 0.05) is 24.5 Å². The van der Waals surface area contributed by atoms with Crippen LogP contribution in [0.4, 0.5) is 0 Å². The molecule has 2 unspecified atom stereocenters. The summed E-state index contributed by atoms with van der Waals surface area (Å²) in [6.45, 7) is 1.44. The fourth-order valence-electron chi connectivity index (χ4n) is 2.44. The fourth-order valence-corrected chi connectivity index (χ4v) is 2.64. The van der Waals surface area contributed by atoms with Gasteiger partial charge >= 0.3 is 0 Å². The molecule has 1 heterocycles. The maximum atomic E-state index is 9.75. The molecule has 3 nitrogen and oxygen atoms in total. The summed E-state index contributed by atoms with van der Waals surface area (Å²) in [7, 11) is 0. The summed E-state index contributed by atoms with van der Waals surface area (Å²) in [5.74, 6) is 1.46. The Labute approximate surface area is 112 Å². The zero-order chi connectivity index (χ0) is 12.5.